The van der Waals surface area contributed by atoms with Crippen molar-refractivity contribution in [2.24, 2.45) is 0 Å². The summed E-state index contributed by atoms with van der Waals surface area (Å²) in [4.78, 5) is 27.4. The lowest BCUT2D eigenvalue weighted by atomic mass is 10.2. The van der Waals surface area contributed by atoms with Gasteiger partial charge in [-0.3, -0.25) is 13.8 Å². The van der Waals surface area contributed by atoms with Gasteiger partial charge in [0.15, 0.2) is 14.9 Å². The monoisotopic (exact) mass is 473 g/mol. The van der Waals surface area contributed by atoms with Crippen molar-refractivity contribution in [3.05, 3.63) is 23.4 Å². The number of phosphoric acid groups is 1. The number of hydrogen-bond acceptors (Lipinski definition) is 8. The third kappa shape index (κ3) is 9.15. The Balaban J connectivity index is 2.87. The number of amides is 1. The van der Waals surface area contributed by atoms with Crippen molar-refractivity contribution in [3.63, 3.8) is 0 Å². The maximum atomic E-state index is 12.7. The van der Waals surface area contributed by atoms with Gasteiger partial charge in [-0.1, -0.05) is 5.92 Å². The fourth-order valence-electron chi connectivity index (χ4n) is 2.19. The first-order valence-electron chi connectivity index (χ1n) is 8.96. The summed E-state index contributed by atoms with van der Waals surface area (Å²) < 4.78 is 46.0. The molecule has 1 rings (SSSR count). The topological polar surface area (TPSA) is 147 Å². The molecule has 0 bridgehead atoms. The molecule has 13 heteroatoms. The number of likely N-dealkylation sites (N-methyl/N-ethyl adjacent to an activating group) is 1. The largest absolute Gasteiger partial charge is 0.472 e. The van der Waals surface area contributed by atoms with Crippen LogP contribution in [0.1, 0.15) is 16.1 Å². The molecule has 0 aliphatic carbocycles. The number of hydrogen-bond donors (Lipinski definition) is 1. The molecule has 170 valence electrons. The molecule has 0 aliphatic rings. The number of sulfone groups is 1. The van der Waals surface area contributed by atoms with Gasteiger partial charge in [0.25, 0.3) is 5.91 Å². The van der Waals surface area contributed by atoms with Gasteiger partial charge in [0.2, 0.25) is 0 Å². The lowest BCUT2D eigenvalue weighted by Gasteiger charge is -2.24. The second kappa shape index (κ2) is 10.8. The van der Waals surface area contributed by atoms with Crippen molar-refractivity contribution in [1.29, 1.82) is 5.26 Å². The third-order valence-electron chi connectivity index (χ3n) is 3.75. The van der Waals surface area contributed by atoms with Crippen LogP contribution in [0.2, 0.25) is 0 Å². The van der Waals surface area contributed by atoms with Crippen molar-refractivity contribution in [2.75, 3.05) is 60.2 Å². The predicted molar refractivity (Wildman–Crippen MR) is 111 cm³/mol. The van der Waals surface area contributed by atoms with E-state index in [2.05, 4.69) is 10.9 Å². The van der Waals surface area contributed by atoms with Crippen LogP contribution in [-0.2, 0) is 23.4 Å². The number of nitriles is 1. The molecule has 1 atom stereocenters. The summed E-state index contributed by atoms with van der Waals surface area (Å²) in [6.07, 6.45) is 6.15. The molecule has 1 heterocycles. The Labute approximate surface area is 182 Å². The van der Waals surface area contributed by atoms with Crippen LogP contribution in [0.25, 0.3) is 0 Å². The van der Waals surface area contributed by atoms with Gasteiger partial charge in [0.05, 0.1) is 39.9 Å². The lowest BCUT2D eigenvalue weighted by Crippen LogP contribution is -2.37. The van der Waals surface area contributed by atoms with Crippen LogP contribution in [0.15, 0.2) is 17.2 Å². The van der Waals surface area contributed by atoms with Crippen LogP contribution in [-0.4, -0.2) is 93.8 Å². The van der Waals surface area contributed by atoms with E-state index in [1.165, 1.54) is 12.1 Å². The summed E-state index contributed by atoms with van der Waals surface area (Å²) >= 11 is 0. The molecule has 1 amide bonds. The van der Waals surface area contributed by atoms with E-state index in [1.807, 2.05) is 21.1 Å². The van der Waals surface area contributed by atoms with Gasteiger partial charge in [-0.2, -0.15) is 5.26 Å². The van der Waals surface area contributed by atoms with Crippen molar-refractivity contribution < 1.29 is 36.2 Å². The Hall–Kier alpha value is -2.31. The number of phosphoric ester groups is 1. The number of aromatic nitrogens is 1. The zero-order chi connectivity index (χ0) is 23.9. The molecular weight excluding hydrogens is 447 g/mol. The molecule has 0 aromatic carbocycles. The highest BCUT2D eigenvalue weighted by Crippen LogP contribution is 2.42. The smallest absolute Gasteiger partial charge is 0.329 e. The van der Waals surface area contributed by atoms with Crippen molar-refractivity contribution in [1.82, 2.24) is 9.88 Å². The number of carbonyl (C=O) groups excluding carboxylic acids is 1. The molecule has 0 aliphatic heterocycles. The molecule has 31 heavy (non-hydrogen) atoms. The first kappa shape index (κ1) is 26.7. The Morgan fingerprint density at radius 3 is 2.45 bits per heavy atom. The van der Waals surface area contributed by atoms with Gasteiger partial charge in [-0.15, -0.1) is 6.42 Å². The highest BCUT2D eigenvalue weighted by atomic mass is 32.2. The summed E-state index contributed by atoms with van der Waals surface area (Å²) in [7, 11) is -2.51. The Bertz CT molecular complexity index is 1040. The van der Waals surface area contributed by atoms with Crippen LogP contribution in [0, 0.1) is 23.7 Å². The maximum absolute atomic E-state index is 12.7. The minimum absolute atomic E-state index is 0.00624. The summed E-state index contributed by atoms with van der Waals surface area (Å²) in [6, 6.07) is 4.08. The summed E-state index contributed by atoms with van der Waals surface area (Å²) in [6.45, 7) is -0.254. The highest BCUT2D eigenvalue weighted by Gasteiger charge is 2.25. The first-order chi connectivity index (χ1) is 14.2. The zero-order valence-electron chi connectivity index (χ0n) is 17.8. The molecule has 0 radical (unpaired) electrons. The van der Waals surface area contributed by atoms with Crippen molar-refractivity contribution in [3.8, 4) is 18.4 Å². The van der Waals surface area contributed by atoms with E-state index in [-0.39, 0.29) is 37.6 Å². The molecule has 0 saturated carbocycles. The molecule has 0 fully saturated rings. The van der Waals surface area contributed by atoms with Gasteiger partial charge in [0.1, 0.15) is 24.9 Å². The number of terminal acetylenes is 1. The molecule has 0 saturated heterocycles. The van der Waals surface area contributed by atoms with E-state index in [4.69, 9.17) is 20.7 Å². The summed E-state index contributed by atoms with van der Waals surface area (Å²) in [5.74, 6) is 1.54. The quantitative estimate of drug-likeness (QED) is 0.272. The van der Waals surface area contributed by atoms with Crippen molar-refractivity contribution >= 4 is 23.6 Å². The zero-order valence-corrected chi connectivity index (χ0v) is 19.5. The first-order valence-corrected chi connectivity index (χ1v) is 12.3. The minimum atomic E-state index is -4.33. The van der Waals surface area contributed by atoms with E-state index in [0.717, 1.165) is 11.2 Å². The van der Waals surface area contributed by atoms with Gasteiger partial charge < -0.3 is 14.3 Å². The molecule has 1 unspecified atom stereocenters. The van der Waals surface area contributed by atoms with E-state index < -0.39 is 28.6 Å². The van der Waals surface area contributed by atoms with Crippen LogP contribution in [0.5, 0.6) is 0 Å². The third-order valence-corrected chi connectivity index (χ3v) is 5.78. The van der Waals surface area contributed by atoms with Crippen LogP contribution in [0.4, 0.5) is 0 Å². The predicted octanol–water partition coefficient (Wildman–Crippen LogP) is 0.272. The van der Waals surface area contributed by atoms with E-state index >= 15 is 0 Å². The van der Waals surface area contributed by atoms with Crippen LogP contribution in [0.3, 0.4) is 0 Å². The molecule has 1 N–H and O–H groups in total. The van der Waals surface area contributed by atoms with E-state index in [1.54, 1.807) is 6.07 Å². The number of carbonyl (C=O) groups is 1. The summed E-state index contributed by atoms with van der Waals surface area (Å²) in [5, 5.41) is 8.52. The van der Waals surface area contributed by atoms with Gasteiger partial charge in [-0.25, -0.2) is 18.0 Å². The number of pyridine rings is 1. The Morgan fingerprint density at radius 2 is 1.94 bits per heavy atom. The lowest BCUT2D eigenvalue weighted by molar-refractivity contribution is -0.870. The highest BCUT2D eigenvalue weighted by molar-refractivity contribution is 7.90. The molecule has 1 aromatic heterocycles. The second-order valence-electron chi connectivity index (χ2n) is 7.51. The normalized spacial score (nSPS) is 13.6. The number of rotatable bonds is 11. The molecular formula is C18H26N4O7PS+. The fourth-order valence-corrected chi connectivity index (χ4v) is 3.66. The van der Waals surface area contributed by atoms with Crippen LogP contribution >= 0.6 is 7.82 Å². The number of quaternary nitrogens is 1. The van der Waals surface area contributed by atoms with Gasteiger partial charge in [-0.05, 0) is 12.1 Å². The van der Waals surface area contributed by atoms with Gasteiger partial charge >= 0.3 is 7.82 Å². The molecule has 1 aromatic rings. The van der Waals surface area contributed by atoms with Crippen LogP contribution < -0.4 is 0 Å². The summed E-state index contributed by atoms with van der Waals surface area (Å²) in [5.41, 5.74) is -0.445. The molecule has 11 nitrogen and oxygen atoms in total. The average Bonchev–Trinajstić information content (AvgIpc) is 2.64. The Morgan fingerprint density at radius 1 is 1.32 bits per heavy atom. The van der Waals surface area contributed by atoms with Crippen molar-refractivity contribution in [2.45, 2.75) is 5.03 Å². The average molecular weight is 473 g/mol. The van der Waals surface area contributed by atoms with E-state index in [9.17, 15) is 22.7 Å². The SMILES string of the molecule is C#CCN(CCOP(=O)(O)OCC[N+](C)(C)C)C(=O)c1ccc(C#N)c(S(C)(=O)=O)n1. The van der Waals surface area contributed by atoms with Gasteiger partial charge in [0, 0.05) is 12.8 Å². The number of nitrogens with zero attached hydrogens (tertiary/aromatic N) is 4. The Kier molecular flexibility index (Phi) is 9.33. The standard InChI is InChI=1S/C18H25N4O7PS/c1-6-9-21(10-12-28-30(24,25)29-13-11-22(2,3)4)18(23)16-8-7-15(14-19)17(20-16)31(5,26)27/h1,7-8H,9-13H2,2-5H3/p+1. The van der Waals surface area contributed by atoms with E-state index in [0.29, 0.717) is 11.0 Å². The maximum Gasteiger partial charge on any atom is 0.472 e. The fraction of sp³-hybridized carbons (Fsp3) is 0.500. The molecule has 0 spiro atoms. The second-order valence-corrected chi connectivity index (χ2v) is 10.9. The minimum Gasteiger partial charge on any atom is -0.329 e.